The SMILES string of the molecule is CCC1=NN(CCC#N)C(=O)C1. The molecule has 0 radical (unpaired) electrons. The number of hydrogen-bond acceptors (Lipinski definition) is 3. The molecule has 4 nitrogen and oxygen atoms in total. The molecule has 0 saturated carbocycles. The summed E-state index contributed by atoms with van der Waals surface area (Å²) in [5.41, 5.74) is 0.915. The van der Waals surface area contributed by atoms with Gasteiger partial charge in [-0.2, -0.15) is 10.4 Å². The number of nitriles is 1. The van der Waals surface area contributed by atoms with Gasteiger partial charge in [-0.05, 0) is 6.42 Å². The highest BCUT2D eigenvalue weighted by atomic mass is 16.2. The van der Waals surface area contributed by atoms with Crippen molar-refractivity contribution in [2.24, 2.45) is 5.10 Å². The monoisotopic (exact) mass is 165 g/mol. The molecule has 1 heterocycles. The van der Waals surface area contributed by atoms with E-state index in [9.17, 15) is 4.79 Å². The first kappa shape index (κ1) is 8.72. The Kier molecular flexibility index (Phi) is 2.81. The van der Waals surface area contributed by atoms with Gasteiger partial charge in [0, 0.05) is 5.71 Å². The van der Waals surface area contributed by atoms with Crippen LogP contribution in [-0.2, 0) is 4.79 Å². The van der Waals surface area contributed by atoms with Crippen molar-refractivity contribution >= 4 is 11.6 Å². The van der Waals surface area contributed by atoms with Gasteiger partial charge in [0.2, 0.25) is 5.91 Å². The molecule has 1 amide bonds. The molecule has 0 aromatic heterocycles. The van der Waals surface area contributed by atoms with Crippen LogP contribution in [0.3, 0.4) is 0 Å². The van der Waals surface area contributed by atoms with Crippen molar-refractivity contribution < 1.29 is 4.79 Å². The van der Waals surface area contributed by atoms with Crippen LogP contribution < -0.4 is 0 Å². The average Bonchev–Trinajstić information content (AvgIpc) is 2.43. The molecule has 1 rings (SSSR count). The van der Waals surface area contributed by atoms with Crippen LogP contribution in [0.15, 0.2) is 5.10 Å². The van der Waals surface area contributed by atoms with Gasteiger partial charge in [-0.1, -0.05) is 6.92 Å². The van der Waals surface area contributed by atoms with Crippen molar-refractivity contribution in [1.29, 1.82) is 5.26 Å². The molecule has 1 aliphatic heterocycles. The summed E-state index contributed by atoms with van der Waals surface area (Å²) in [4.78, 5) is 11.2. The van der Waals surface area contributed by atoms with Gasteiger partial charge in [-0.15, -0.1) is 0 Å². The zero-order valence-corrected chi connectivity index (χ0v) is 7.08. The Bertz CT molecular complexity index is 252. The number of hydrogen-bond donors (Lipinski definition) is 0. The Balaban J connectivity index is 2.49. The number of amides is 1. The largest absolute Gasteiger partial charge is 0.273 e. The predicted octanol–water partition coefficient (Wildman–Crippen LogP) is 0.898. The van der Waals surface area contributed by atoms with Crippen molar-refractivity contribution in [1.82, 2.24) is 5.01 Å². The molecule has 0 spiro atoms. The lowest BCUT2D eigenvalue weighted by Gasteiger charge is -2.07. The minimum absolute atomic E-state index is 0.0158. The summed E-state index contributed by atoms with van der Waals surface area (Å²) < 4.78 is 0. The maximum atomic E-state index is 11.2. The Labute approximate surface area is 71.5 Å². The van der Waals surface area contributed by atoms with E-state index in [1.165, 1.54) is 5.01 Å². The third-order valence-corrected chi connectivity index (χ3v) is 1.75. The van der Waals surface area contributed by atoms with E-state index in [1.54, 1.807) is 0 Å². The number of carbonyl (C=O) groups excluding carboxylic acids is 1. The minimum atomic E-state index is 0.0158. The van der Waals surface area contributed by atoms with E-state index < -0.39 is 0 Å². The number of hydrazone groups is 1. The summed E-state index contributed by atoms with van der Waals surface area (Å²) in [5.74, 6) is 0.0158. The molecule has 12 heavy (non-hydrogen) atoms. The molecular weight excluding hydrogens is 154 g/mol. The first-order chi connectivity index (χ1) is 5.77. The molecule has 0 bridgehead atoms. The van der Waals surface area contributed by atoms with Crippen molar-refractivity contribution in [3.8, 4) is 6.07 Å². The lowest BCUT2D eigenvalue weighted by Crippen LogP contribution is -2.21. The Morgan fingerprint density at radius 1 is 1.75 bits per heavy atom. The van der Waals surface area contributed by atoms with Gasteiger partial charge in [0.05, 0.1) is 25.5 Å². The van der Waals surface area contributed by atoms with Crippen LogP contribution in [0.2, 0.25) is 0 Å². The van der Waals surface area contributed by atoms with Gasteiger partial charge >= 0.3 is 0 Å². The first-order valence-corrected chi connectivity index (χ1v) is 4.01. The molecule has 64 valence electrons. The topological polar surface area (TPSA) is 56.5 Å². The maximum absolute atomic E-state index is 11.2. The fraction of sp³-hybridized carbons (Fsp3) is 0.625. The lowest BCUT2D eigenvalue weighted by atomic mass is 10.2. The molecule has 0 saturated heterocycles. The van der Waals surface area contributed by atoms with Crippen LogP contribution in [0.5, 0.6) is 0 Å². The van der Waals surface area contributed by atoms with E-state index in [0.29, 0.717) is 19.4 Å². The summed E-state index contributed by atoms with van der Waals surface area (Å²) in [5, 5.41) is 13.8. The molecule has 0 aromatic rings. The van der Waals surface area contributed by atoms with Crippen LogP contribution in [0.1, 0.15) is 26.2 Å². The van der Waals surface area contributed by atoms with Crippen LogP contribution in [0.4, 0.5) is 0 Å². The van der Waals surface area contributed by atoms with E-state index in [2.05, 4.69) is 5.10 Å². The van der Waals surface area contributed by atoms with Crippen molar-refractivity contribution in [3.05, 3.63) is 0 Å². The van der Waals surface area contributed by atoms with Crippen LogP contribution in [-0.4, -0.2) is 23.2 Å². The van der Waals surface area contributed by atoms with Crippen molar-refractivity contribution in [2.75, 3.05) is 6.54 Å². The van der Waals surface area contributed by atoms with Gasteiger partial charge in [0.15, 0.2) is 0 Å². The number of carbonyl (C=O) groups is 1. The standard InChI is InChI=1S/C8H11N3O/c1-2-7-6-8(12)11(10-7)5-3-4-9/h2-3,5-6H2,1H3. The quantitative estimate of drug-likeness (QED) is 0.623. The van der Waals surface area contributed by atoms with E-state index in [1.807, 2.05) is 13.0 Å². The van der Waals surface area contributed by atoms with Crippen LogP contribution in [0.25, 0.3) is 0 Å². The zero-order chi connectivity index (χ0) is 8.97. The molecule has 0 fully saturated rings. The van der Waals surface area contributed by atoms with Gasteiger partial charge in [0.1, 0.15) is 0 Å². The third-order valence-electron chi connectivity index (χ3n) is 1.75. The summed E-state index contributed by atoms with van der Waals surface area (Å²) in [6.07, 6.45) is 1.60. The van der Waals surface area contributed by atoms with Crippen molar-refractivity contribution in [2.45, 2.75) is 26.2 Å². The van der Waals surface area contributed by atoms with E-state index in [0.717, 1.165) is 12.1 Å². The van der Waals surface area contributed by atoms with E-state index in [4.69, 9.17) is 5.26 Å². The normalized spacial score (nSPS) is 16.2. The Hall–Kier alpha value is -1.37. The second-order valence-electron chi connectivity index (χ2n) is 2.62. The lowest BCUT2D eigenvalue weighted by molar-refractivity contribution is -0.128. The summed E-state index contributed by atoms with van der Waals surface area (Å²) in [6.45, 7) is 2.40. The third kappa shape index (κ3) is 1.82. The highest BCUT2D eigenvalue weighted by Crippen LogP contribution is 2.10. The molecular formula is C8H11N3O. The fourth-order valence-corrected chi connectivity index (χ4v) is 1.05. The Morgan fingerprint density at radius 3 is 3.00 bits per heavy atom. The summed E-state index contributed by atoms with van der Waals surface area (Å²) in [7, 11) is 0. The molecule has 0 aromatic carbocycles. The summed E-state index contributed by atoms with van der Waals surface area (Å²) in [6, 6.07) is 1.98. The fourth-order valence-electron chi connectivity index (χ4n) is 1.05. The van der Waals surface area contributed by atoms with E-state index >= 15 is 0 Å². The van der Waals surface area contributed by atoms with E-state index in [-0.39, 0.29) is 5.91 Å². The van der Waals surface area contributed by atoms with Gasteiger partial charge in [0.25, 0.3) is 0 Å². The molecule has 0 atom stereocenters. The molecule has 0 aliphatic carbocycles. The summed E-state index contributed by atoms with van der Waals surface area (Å²) >= 11 is 0. The second kappa shape index (κ2) is 3.86. The predicted molar refractivity (Wildman–Crippen MR) is 44.3 cm³/mol. The molecule has 1 aliphatic rings. The molecule has 4 heteroatoms. The molecule has 0 unspecified atom stereocenters. The first-order valence-electron chi connectivity index (χ1n) is 4.01. The van der Waals surface area contributed by atoms with Gasteiger partial charge in [-0.25, -0.2) is 5.01 Å². The van der Waals surface area contributed by atoms with Crippen LogP contribution in [0, 0.1) is 11.3 Å². The van der Waals surface area contributed by atoms with Crippen molar-refractivity contribution in [3.63, 3.8) is 0 Å². The highest BCUT2D eigenvalue weighted by Gasteiger charge is 2.21. The maximum Gasteiger partial charge on any atom is 0.248 e. The van der Waals surface area contributed by atoms with Gasteiger partial charge < -0.3 is 0 Å². The number of nitrogens with zero attached hydrogens (tertiary/aromatic N) is 3. The number of rotatable bonds is 3. The Morgan fingerprint density at radius 2 is 2.50 bits per heavy atom. The molecule has 0 N–H and O–H groups in total. The smallest absolute Gasteiger partial charge is 0.248 e. The minimum Gasteiger partial charge on any atom is -0.273 e. The average molecular weight is 165 g/mol. The zero-order valence-electron chi connectivity index (χ0n) is 7.08. The highest BCUT2D eigenvalue weighted by molar-refractivity contribution is 6.04. The second-order valence-corrected chi connectivity index (χ2v) is 2.62. The van der Waals surface area contributed by atoms with Gasteiger partial charge in [-0.3, -0.25) is 4.79 Å². The van der Waals surface area contributed by atoms with Crippen LogP contribution >= 0.6 is 0 Å².